The van der Waals surface area contributed by atoms with Crippen molar-refractivity contribution in [3.05, 3.63) is 35.9 Å². The number of aliphatic imine (C=N–C) groups is 1. The van der Waals surface area contributed by atoms with Gasteiger partial charge in [0.15, 0.2) is 5.96 Å². The summed E-state index contributed by atoms with van der Waals surface area (Å²) < 4.78 is 0. The lowest BCUT2D eigenvalue weighted by Gasteiger charge is -2.36. The highest BCUT2D eigenvalue weighted by Gasteiger charge is 2.38. The number of nitrogens with one attached hydrogen (secondary N) is 1. The molecule has 1 aromatic carbocycles. The molecule has 1 saturated carbocycles. The molecule has 3 fully saturated rings. The Morgan fingerprint density at radius 3 is 2.38 bits per heavy atom. The van der Waals surface area contributed by atoms with E-state index >= 15 is 0 Å². The minimum atomic E-state index is 0. The van der Waals surface area contributed by atoms with Gasteiger partial charge in [-0.1, -0.05) is 30.3 Å². The first-order chi connectivity index (χ1) is 13.7. The smallest absolute Gasteiger partial charge is 0.236 e. The molecule has 1 amide bonds. The molecule has 1 aromatic rings. The fourth-order valence-corrected chi connectivity index (χ4v) is 4.41. The average Bonchev–Trinajstić information content (AvgIpc) is 3.21. The molecule has 7 heteroatoms. The summed E-state index contributed by atoms with van der Waals surface area (Å²) in [6.07, 6.45) is 4.68. The highest BCUT2D eigenvalue weighted by molar-refractivity contribution is 14.0. The van der Waals surface area contributed by atoms with Crippen molar-refractivity contribution in [2.24, 2.45) is 10.9 Å². The Balaban J connectivity index is 0.00000240. The van der Waals surface area contributed by atoms with E-state index in [0.717, 1.165) is 64.5 Å². The van der Waals surface area contributed by atoms with E-state index in [9.17, 15) is 4.79 Å². The number of carbonyl (C=O) groups is 1. The Morgan fingerprint density at radius 1 is 1.03 bits per heavy atom. The van der Waals surface area contributed by atoms with Gasteiger partial charge in [0.25, 0.3) is 0 Å². The molecule has 6 nitrogen and oxygen atoms in total. The molecule has 0 bridgehead atoms. The van der Waals surface area contributed by atoms with Crippen LogP contribution in [0.4, 0.5) is 0 Å². The van der Waals surface area contributed by atoms with Gasteiger partial charge in [0, 0.05) is 52.4 Å². The number of carbonyl (C=O) groups excluding carboxylic acids is 1. The topological polar surface area (TPSA) is 51.2 Å². The van der Waals surface area contributed by atoms with Crippen LogP contribution in [0, 0.1) is 5.92 Å². The number of amides is 1. The summed E-state index contributed by atoms with van der Waals surface area (Å²) in [5.74, 6) is 2.03. The highest BCUT2D eigenvalue weighted by atomic mass is 127. The van der Waals surface area contributed by atoms with Gasteiger partial charge in [0.1, 0.15) is 0 Å². The third kappa shape index (κ3) is 6.07. The molecule has 1 N–H and O–H groups in total. The first kappa shape index (κ1) is 22.3. The van der Waals surface area contributed by atoms with Crippen molar-refractivity contribution in [1.82, 2.24) is 20.0 Å². The Labute approximate surface area is 191 Å². The molecular formula is C22H34IN5O. The minimum Gasteiger partial charge on any atom is -0.353 e. The summed E-state index contributed by atoms with van der Waals surface area (Å²) in [7, 11) is 1.88. The zero-order chi connectivity index (χ0) is 19.3. The molecule has 2 aliphatic heterocycles. The van der Waals surface area contributed by atoms with Crippen molar-refractivity contribution in [2.45, 2.75) is 31.7 Å². The van der Waals surface area contributed by atoms with Gasteiger partial charge in [-0.05, 0) is 37.2 Å². The molecular weight excluding hydrogens is 477 g/mol. The van der Waals surface area contributed by atoms with Gasteiger partial charge in [-0.2, -0.15) is 0 Å². The summed E-state index contributed by atoms with van der Waals surface area (Å²) in [5.41, 5.74) is 1.42. The minimum absolute atomic E-state index is 0. The Bertz CT molecular complexity index is 684. The van der Waals surface area contributed by atoms with Crippen LogP contribution in [0.5, 0.6) is 0 Å². The van der Waals surface area contributed by atoms with E-state index in [2.05, 4.69) is 50.4 Å². The second-order valence-electron chi connectivity index (χ2n) is 8.33. The van der Waals surface area contributed by atoms with Crippen molar-refractivity contribution in [3.8, 4) is 0 Å². The van der Waals surface area contributed by atoms with E-state index in [1.807, 2.05) is 11.9 Å². The lowest BCUT2D eigenvalue weighted by atomic mass is 10.1. The summed E-state index contributed by atoms with van der Waals surface area (Å²) in [6.45, 7) is 6.19. The van der Waals surface area contributed by atoms with Crippen LogP contribution in [0.25, 0.3) is 0 Å². The molecule has 2 atom stereocenters. The SMILES string of the molecule is CN=C(NC1CC1Cc1ccccc1)N1CCN(CC(=O)N2CCCC2)CC1.I. The maximum Gasteiger partial charge on any atom is 0.236 e. The molecule has 2 unspecified atom stereocenters. The van der Waals surface area contributed by atoms with Gasteiger partial charge in [0.2, 0.25) is 5.91 Å². The number of halogens is 1. The largest absolute Gasteiger partial charge is 0.353 e. The van der Waals surface area contributed by atoms with Crippen LogP contribution in [0.15, 0.2) is 35.3 Å². The molecule has 0 spiro atoms. The maximum atomic E-state index is 12.4. The van der Waals surface area contributed by atoms with Crippen LogP contribution in [0.1, 0.15) is 24.8 Å². The van der Waals surface area contributed by atoms with Crippen molar-refractivity contribution in [2.75, 3.05) is 52.9 Å². The molecule has 1 aliphatic carbocycles. The van der Waals surface area contributed by atoms with Crippen LogP contribution in [0.3, 0.4) is 0 Å². The predicted octanol–water partition coefficient (Wildman–Crippen LogP) is 2.05. The molecule has 4 rings (SSSR count). The van der Waals surface area contributed by atoms with Gasteiger partial charge < -0.3 is 15.1 Å². The van der Waals surface area contributed by atoms with Gasteiger partial charge in [0.05, 0.1) is 6.54 Å². The summed E-state index contributed by atoms with van der Waals surface area (Å²) in [6, 6.07) is 11.3. The second-order valence-corrected chi connectivity index (χ2v) is 8.33. The zero-order valence-electron chi connectivity index (χ0n) is 17.4. The van der Waals surface area contributed by atoms with Crippen molar-refractivity contribution in [1.29, 1.82) is 0 Å². The number of piperazine rings is 1. The van der Waals surface area contributed by atoms with Gasteiger partial charge in [-0.3, -0.25) is 14.7 Å². The molecule has 160 valence electrons. The number of nitrogens with zero attached hydrogens (tertiary/aromatic N) is 4. The lowest BCUT2D eigenvalue weighted by molar-refractivity contribution is -0.131. The number of rotatable bonds is 5. The van der Waals surface area contributed by atoms with Crippen LogP contribution in [-0.4, -0.2) is 85.5 Å². The molecule has 2 heterocycles. The Hall–Kier alpha value is -1.35. The van der Waals surface area contributed by atoms with Crippen LogP contribution in [-0.2, 0) is 11.2 Å². The van der Waals surface area contributed by atoms with Gasteiger partial charge in [-0.25, -0.2) is 0 Å². The van der Waals surface area contributed by atoms with E-state index in [0.29, 0.717) is 24.4 Å². The summed E-state index contributed by atoms with van der Waals surface area (Å²) >= 11 is 0. The van der Waals surface area contributed by atoms with E-state index in [1.165, 1.54) is 12.0 Å². The molecule has 2 saturated heterocycles. The number of benzene rings is 1. The first-order valence-electron chi connectivity index (χ1n) is 10.8. The van der Waals surface area contributed by atoms with E-state index in [1.54, 1.807) is 0 Å². The zero-order valence-corrected chi connectivity index (χ0v) is 19.8. The lowest BCUT2D eigenvalue weighted by Crippen LogP contribution is -2.54. The highest BCUT2D eigenvalue weighted by Crippen LogP contribution is 2.33. The fourth-order valence-electron chi connectivity index (χ4n) is 4.41. The van der Waals surface area contributed by atoms with E-state index in [4.69, 9.17) is 0 Å². The Kier molecular flexibility index (Phi) is 8.17. The van der Waals surface area contributed by atoms with Crippen LogP contribution in [0.2, 0.25) is 0 Å². The third-order valence-corrected chi connectivity index (χ3v) is 6.28. The number of guanidine groups is 1. The van der Waals surface area contributed by atoms with Crippen molar-refractivity contribution < 1.29 is 4.79 Å². The molecule has 29 heavy (non-hydrogen) atoms. The Morgan fingerprint density at radius 2 is 1.72 bits per heavy atom. The third-order valence-electron chi connectivity index (χ3n) is 6.28. The number of hydrogen-bond acceptors (Lipinski definition) is 3. The van der Waals surface area contributed by atoms with Crippen molar-refractivity contribution >= 4 is 35.8 Å². The summed E-state index contributed by atoms with van der Waals surface area (Å²) in [4.78, 5) is 23.5. The summed E-state index contributed by atoms with van der Waals surface area (Å²) in [5, 5.41) is 3.66. The second kappa shape index (κ2) is 10.6. The van der Waals surface area contributed by atoms with Crippen LogP contribution >= 0.6 is 24.0 Å². The fraction of sp³-hybridized carbons (Fsp3) is 0.636. The predicted molar refractivity (Wildman–Crippen MR) is 128 cm³/mol. The standard InChI is InChI=1S/C22H33N5O.HI/c1-23-22(24-20-16-19(20)15-18-7-3-2-4-8-18)27-13-11-25(12-14-27)17-21(28)26-9-5-6-10-26;/h2-4,7-8,19-20H,5-6,9-17H2,1H3,(H,23,24);1H. The normalized spacial score (nSPS) is 24.9. The van der Waals surface area contributed by atoms with Gasteiger partial charge in [-0.15, -0.1) is 24.0 Å². The molecule has 3 aliphatic rings. The van der Waals surface area contributed by atoms with Crippen LogP contribution < -0.4 is 5.32 Å². The van der Waals surface area contributed by atoms with Crippen molar-refractivity contribution in [3.63, 3.8) is 0 Å². The number of hydrogen-bond donors (Lipinski definition) is 1. The molecule has 0 aromatic heterocycles. The van der Waals surface area contributed by atoms with E-state index < -0.39 is 0 Å². The quantitative estimate of drug-likeness (QED) is 0.374. The van der Waals surface area contributed by atoms with Gasteiger partial charge >= 0.3 is 0 Å². The number of likely N-dealkylation sites (tertiary alicyclic amines) is 1. The maximum absolute atomic E-state index is 12.4. The monoisotopic (exact) mass is 511 g/mol. The van der Waals surface area contributed by atoms with E-state index in [-0.39, 0.29) is 24.0 Å². The molecule has 0 radical (unpaired) electrons. The first-order valence-corrected chi connectivity index (χ1v) is 10.8. The average molecular weight is 511 g/mol.